The summed E-state index contributed by atoms with van der Waals surface area (Å²) in [4.78, 5) is 11.8. The van der Waals surface area contributed by atoms with Crippen molar-refractivity contribution in [1.29, 1.82) is 0 Å². The van der Waals surface area contributed by atoms with Gasteiger partial charge in [0.15, 0.2) is 0 Å². The van der Waals surface area contributed by atoms with Crippen molar-refractivity contribution in [2.24, 2.45) is 5.73 Å². The van der Waals surface area contributed by atoms with Crippen LogP contribution in [0.3, 0.4) is 0 Å². The molecule has 6 nitrogen and oxygen atoms in total. The lowest BCUT2D eigenvalue weighted by Crippen LogP contribution is -2.45. The number of sulfonamides is 1. The number of rotatable bonds is 8. The predicted molar refractivity (Wildman–Crippen MR) is 95.8 cm³/mol. The highest BCUT2D eigenvalue weighted by atomic mass is 32.2. The third kappa shape index (κ3) is 5.04. The van der Waals surface area contributed by atoms with Crippen molar-refractivity contribution in [3.8, 4) is 5.75 Å². The Morgan fingerprint density at radius 3 is 2.44 bits per heavy atom. The standard InChI is InChI=1S/C18H22N2O4S/c1-3-24-17-10-9-15(11-13(17)2)25(22,23)20-16(18(19)21)12-14-7-5-4-6-8-14/h4-11,16,20H,3,12H2,1-2H3,(H2,19,21)/t16-/m1/s1. The van der Waals surface area contributed by atoms with Gasteiger partial charge in [-0.05, 0) is 49.6 Å². The second-order valence-electron chi connectivity index (χ2n) is 5.63. The van der Waals surface area contributed by atoms with Gasteiger partial charge in [0.25, 0.3) is 0 Å². The molecule has 0 unspecified atom stereocenters. The monoisotopic (exact) mass is 362 g/mol. The highest BCUT2D eigenvalue weighted by Crippen LogP contribution is 2.22. The zero-order chi connectivity index (χ0) is 18.4. The van der Waals surface area contributed by atoms with Crippen molar-refractivity contribution < 1.29 is 17.9 Å². The molecular weight excluding hydrogens is 340 g/mol. The Bertz CT molecular complexity index is 835. The van der Waals surface area contributed by atoms with E-state index in [1.165, 1.54) is 12.1 Å². The highest BCUT2D eigenvalue weighted by molar-refractivity contribution is 7.89. The fourth-order valence-electron chi connectivity index (χ4n) is 2.41. The van der Waals surface area contributed by atoms with Crippen LogP contribution in [0.5, 0.6) is 5.75 Å². The van der Waals surface area contributed by atoms with Crippen molar-refractivity contribution in [1.82, 2.24) is 4.72 Å². The maximum absolute atomic E-state index is 12.6. The maximum atomic E-state index is 12.6. The summed E-state index contributed by atoms with van der Waals surface area (Å²) in [5, 5.41) is 0. The summed E-state index contributed by atoms with van der Waals surface area (Å²) in [6.45, 7) is 4.11. The van der Waals surface area contributed by atoms with Crippen LogP contribution in [0, 0.1) is 6.92 Å². The van der Waals surface area contributed by atoms with Gasteiger partial charge >= 0.3 is 0 Å². The zero-order valence-corrected chi connectivity index (χ0v) is 15.0. The molecule has 7 heteroatoms. The first-order chi connectivity index (χ1) is 11.8. The van der Waals surface area contributed by atoms with Gasteiger partial charge in [-0.3, -0.25) is 4.79 Å². The molecule has 134 valence electrons. The lowest BCUT2D eigenvalue weighted by Gasteiger charge is -2.16. The van der Waals surface area contributed by atoms with Crippen LogP contribution >= 0.6 is 0 Å². The van der Waals surface area contributed by atoms with Gasteiger partial charge in [0, 0.05) is 0 Å². The normalized spacial score (nSPS) is 12.6. The van der Waals surface area contributed by atoms with Crippen LogP contribution in [-0.2, 0) is 21.2 Å². The molecule has 0 saturated heterocycles. The summed E-state index contributed by atoms with van der Waals surface area (Å²) in [6, 6.07) is 12.6. The Balaban J connectivity index is 2.22. The third-order valence-electron chi connectivity index (χ3n) is 3.68. The summed E-state index contributed by atoms with van der Waals surface area (Å²) < 4.78 is 33.0. The first-order valence-electron chi connectivity index (χ1n) is 7.92. The zero-order valence-electron chi connectivity index (χ0n) is 14.2. The lowest BCUT2D eigenvalue weighted by atomic mass is 10.1. The van der Waals surface area contributed by atoms with Crippen LogP contribution in [0.4, 0.5) is 0 Å². The van der Waals surface area contributed by atoms with E-state index < -0.39 is 22.0 Å². The summed E-state index contributed by atoms with van der Waals surface area (Å²) in [5.41, 5.74) is 6.89. The molecular formula is C18H22N2O4S. The fraction of sp³-hybridized carbons (Fsp3) is 0.278. The number of ether oxygens (including phenoxy) is 1. The Hall–Kier alpha value is -2.38. The Morgan fingerprint density at radius 1 is 1.20 bits per heavy atom. The molecule has 0 fully saturated rings. The quantitative estimate of drug-likeness (QED) is 0.748. The van der Waals surface area contributed by atoms with Gasteiger partial charge in [-0.1, -0.05) is 30.3 Å². The Kier molecular flexibility index (Phi) is 6.17. The summed E-state index contributed by atoms with van der Waals surface area (Å²) in [5.74, 6) is -0.104. The number of primary amides is 1. The molecule has 0 aliphatic rings. The van der Waals surface area contributed by atoms with Gasteiger partial charge in [0.05, 0.1) is 11.5 Å². The van der Waals surface area contributed by atoms with Gasteiger partial charge in [-0.25, -0.2) is 8.42 Å². The van der Waals surface area contributed by atoms with Gasteiger partial charge in [0.1, 0.15) is 11.8 Å². The average molecular weight is 362 g/mol. The van der Waals surface area contributed by atoms with E-state index in [0.29, 0.717) is 17.9 Å². The van der Waals surface area contributed by atoms with Gasteiger partial charge in [-0.15, -0.1) is 0 Å². The predicted octanol–water partition coefficient (Wildman–Crippen LogP) is 1.77. The second-order valence-corrected chi connectivity index (χ2v) is 7.34. The number of aryl methyl sites for hydroxylation is 1. The average Bonchev–Trinajstić information content (AvgIpc) is 2.57. The fourth-order valence-corrected chi connectivity index (χ4v) is 3.70. The minimum absolute atomic E-state index is 0.0627. The molecule has 0 spiro atoms. The van der Waals surface area contributed by atoms with Crippen molar-refractivity contribution >= 4 is 15.9 Å². The molecule has 0 radical (unpaired) electrons. The number of nitrogens with one attached hydrogen (secondary N) is 1. The Morgan fingerprint density at radius 2 is 1.88 bits per heavy atom. The van der Waals surface area contributed by atoms with Crippen LogP contribution in [-0.4, -0.2) is 27.0 Å². The molecule has 0 aliphatic carbocycles. The molecule has 2 aromatic rings. The summed E-state index contributed by atoms with van der Waals surface area (Å²) in [6.07, 6.45) is 0.186. The van der Waals surface area contributed by atoms with E-state index in [9.17, 15) is 13.2 Å². The Labute approximate surface area is 148 Å². The van der Waals surface area contributed by atoms with Crippen LogP contribution < -0.4 is 15.2 Å². The molecule has 1 atom stereocenters. The lowest BCUT2D eigenvalue weighted by molar-refractivity contribution is -0.119. The van der Waals surface area contributed by atoms with Crippen molar-refractivity contribution in [3.63, 3.8) is 0 Å². The number of hydrogen-bond acceptors (Lipinski definition) is 4. The maximum Gasteiger partial charge on any atom is 0.241 e. The van der Waals surface area contributed by atoms with Gasteiger partial charge in [0.2, 0.25) is 15.9 Å². The van der Waals surface area contributed by atoms with E-state index in [-0.39, 0.29) is 11.3 Å². The molecule has 0 aromatic heterocycles. The molecule has 2 rings (SSSR count). The van der Waals surface area contributed by atoms with E-state index in [1.54, 1.807) is 13.0 Å². The van der Waals surface area contributed by atoms with Gasteiger partial charge in [-0.2, -0.15) is 4.72 Å². The summed E-state index contributed by atoms with van der Waals surface area (Å²) >= 11 is 0. The topological polar surface area (TPSA) is 98.5 Å². The summed E-state index contributed by atoms with van der Waals surface area (Å²) in [7, 11) is -3.89. The first-order valence-corrected chi connectivity index (χ1v) is 9.41. The first kappa shape index (κ1) is 19.0. The molecule has 0 heterocycles. The number of carbonyl (C=O) groups is 1. The van der Waals surface area contributed by atoms with Crippen LogP contribution in [0.15, 0.2) is 53.4 Å². The largest absolute Gasteiger partial charge is 0.494 e. The van der Waals surface area contributed by atoms with E-state index in [1.807, 2.05) is 37.3 Å². The van der Waals surface area contributed by atoms with E-state index in [0.717, 1.165) is 5.56 Å². The van der Waals surface area contributed by atoms with Gasteiger partial charge < -0.3 is 10.5 Å². The molecule has 0 saturated carbocycles. The number of nitrogens with two attached hydrogens (primary N) is 1. The molecule has 0 aliphatic heterocycles. The van der Waals surface area contributed by atoms with Crippen molar-refractivity contribution in [3.05, 3.63) is 59.7 Å². The van der Waals surface area contributed by atoms with Crippen LogP contribution in [0.2, 0.25) is 0 Å². The second kappa shape index (κ2) is 8.13. The number of benzene rings is 2. The van der Waals surface area contributed by atoms with E-state index in [2.05, 4.69) is 4.72 Å². The van der Waals surface area contributed by atoms with Crippen LogP contribution in [0.25, 0.3) is 0 Å². The van der Waals surface area contributed by atoms with Crippen LogP contribution in [0.1, 0.15) is 18.1 Å². The van der Waals surface area contributed by atoms with Crippen molar-refractivity contribution in [2.45, 2.75) is 31.2 Å². The molecule has 2 aromatic carbocycles. The SMILES string of the molecule is CCOc1ccc(S(=O)(=O)N[C@H](Cc2ccccc2)C(N)=O)cc1C. The minimum Gasteiger partial charge on any atom is -0.494 e. The highest BCUT2D eigenvalue weighted by Gasteiger charge is 2.24. The molecule has 25 heavy (non-hydrogen) atoms. The molecule has 3 N–H and O–H groups in total. The van der Waals surface area contributed by atoms with E-state index >= 15 is 0 Å². The minimum atomic E-state index is -3.89. The number of carbonyl (C=O) groups excluding carboxylic acids is 1. The van der Waals surface area contributed by atoms with E-state index in [4.69, 9.17) is 10.5 Å². The van der Waals surface area contributed by atoms with Crippen molar-refractivity contribution in [2.75, 3.05) is 6.61 Å². The molecule has 1 amide bonds. The number of amides is 1. The third-order valence-corrected chi connectivity index (χ3v) is 5.15. The molecule has 0 bridgehead atoms. The number of hydrogen-bond donors (Lipinski definition) is 2. The smallest absolute Gasteiger partial charge is 0.241 e.